The van der Waals surface area contributed by atoms with Crippen molar-refractivity contribution in [1.29, 1.82) is 0 Å². The fourth-order valence-electron chi connectivity index (χ4n) is 3.50. The van der Waals surface area contributed by atoms with Gasteiger partial charge in [0.1, 0.15) is 18.2 Å². The maximum atomic E-state index is 14.9. The molecular weight excluding hydrogens is 443 g/mol. The van der Waals surface area contributed by atoms with Gasteiger partial charge in [0.05, 0.1) is 17.7 Å². The Labute approximate surface area is 183 Å². The van der Waals surface area contributed by atoms with Gasteiger partial charge >= 0.3 is 12.0 Å². The topological polar surface area (TPSA) is 145 Å². The fraction of sp³-hybridized carbons (Fsp3) is 0.211. The Hall–Kier alpha value is -3.84. The highest BCUT2D eigenvalue weighted by Gasteiger charge is 2.38. The molecule has 3 aromatic rings. The number of rotatable bonds is 5. The summed E-state index contributed by atoms with van der Waals surface area (Å²) in [6.45, 7) is 0.427. The van der Waals surface area contributed by atoms with Crippen molar-refractivity contribution in [2.45, 2.75) is 6.10 Å². The molecule has 0 aliphatic carbocycles. The van der Waals surface area contributed by atoms with Gasteiger partial charge < -0.3 is 19.5 Å². The van der Waals surface area contributed by atoms with Gasteiger partial charge in [-0.3, -0.25) is 15.0 Å². The number of carbonyl (C=O) groups excluding carboxylic acids is 1. The number of pyridine rings is 1. The molecule has 1 amide bonds. The number of oxazole rings is 1. The van der Waals surface area contributed by atoms with E-state index in [1.165, 1.54) is 41.1 Å². The minimum Gasteiger partial charge on any atom is -0.478 e. The summed E-state index contributed by atoms with van der Waals surface area (Å²) in [6, 6.07) is 1.15. The number of nitrogens with zero attached hydrogens (tertiary/aromatic N) is 5. The maximum absolute atomic E-state index is 14.9. The second-order valence-corrected chi connectivity index (χ2v) is 7.98. The Bertz CT molecular complexity index is 1210. The molecule has 164 valence electrons. The molecule has 0 spiro atoms. The average Bonchev–Trinajstić information content (AvgIpc) is 3.42. The predicted octanol–water partition coefficient (Wildman–Crippen LogP) is 1.89. The van der Waals surface area contributed by atoms with Crippen molar-refractivity contribution in [3.05, 3.63) is 53.3 Å². The largest absolute Gasteiger partial charge is 0.478 e. The van der Waals surface area contributed by atoms with E-state index in [2.05, 4.69) is 20.3 Å². The SMILES string of the molecule is O=C(O)C1=CN(c2nccs2)c2nc(N3CC(C(=O)Nc4ncco4)C3)c(F)cc2C1O. The lowest BCUT2D eigenvalue weighted by atomic mass is 9.97. The third-order valence-electron chi connectivity index (χ3n) is 5.14. The summed E-state index contributed by atoms with van der Waals surface area (Å²) in [7, 11) is 0. The zero-order valence-electron chi connectivity index (χ0n) is 16.2. The standard InChI is InChI=1S/C19H15FN6O5S/c20-12-5-10-13(27)11(17(29)30)8-26(19-22-2-4-32-19)14(10)23-15(12)25-6-9(7-25)16(28)24-18-21-1-3-31-18/h1-5,8-9,13,27H,6-7H2,(H,29,30)(H,21,24,28). The molecule has 1 fully saturated rings. The number of carbonyl (C=O) groups is 2. The van der Waals surface area contributed by atoms with Crippen LogP contribution in [0, 0.1) is 11.7 Å². The molecule has 2 aliphatic heterocycles. The molecule has 1 atom stereocenters. The van der Waals surface area contributed by atoms with Gasteiger partial charge in [-0.1, -0.05) is 0 Å². The summed E-state index contributed by atoms with van der Waals surface area (Å²) in [5.41, 5.74) is -0.311. The van der Waals surface area contributed by atoms with Crippen molar-refractivity contribution < 1.29 is 28.6 Å². The zero-order valence-corrected chi connectivity index (χ0v) is 17.0. The first kappa shape index (κ1) is 20.1. The van der Waals surface area contributed by atoms with E-state index in [1.54, 1.807) is 10.3 Å². The molecule has 32 heavy (non-hydrogen) atoms. The Morgan fingerprint density at radius 3 is 2.72 bits per heavy atom. The van der Waals surface area contributed by atoms with Crippen LogP contribution in [0.5, 0.6) is 0 Å². The third-order valence-corrected chi connectivity index (χ3v) is 5.91. The van der Waals surface area contributed by atoms with E-state index in [1.807, 2.05) is 0 Å². The molecule has 0 aromatic carbocycles. The number of anilines is 4. The molecule has 1 unspecified atom stereocenters. The molecule has 0 saturated carbocycles. The number of halogens is 1. The van der Waals surface area contributed by atoms with E-state index < -0.39 is 23.8 Å². The number of aliphatic carboxylic acids is 1. The van der Waals surface area contributed by atoms with Gasteiger partial charge in [0.15, 0.2) is 16.8 Å². The molecular formula is C19H15FN6O5S. The van der Waals surface area contributed by atoms with Crippen LogP contribution in [0.1, 0.15) is 11.7 Å². The van der Waals surface area contributed by atoms with Crippen LogP contribution in [0.25, 0.3) is 0 Å². The highest BCUT2D eigenvalue weighted by molar-refractivity contribution is 7.13. The van der Waals surface area contributed by atoms with Crippen molar-refractivity contribution in [3.63, 3.8) is 0 Å². The van der Waals surface area contributed by atoms with Gasteiger partial charge in [0.25, 0.3) is 0 Å². The summed E-state index contributed by atoms with van der Waals surface area (Å²) >= 11 is 1.23. The summed E-state index contributed by atoms with van der Waals surface area (Å²) < 4.78 is 19.9. The van der Waals surface area contributed by atoms with Crippen molar-refractivity contribution in [3.8, 4) is 0 Å². The van der Waals surface area contributed by atoms with Crippen molar-refractivity contribution in [2.75, 3.05) is 28.2 Å². The van der Waals surface area contributed by atoms with Crippen LogP contribution in [-0.2, 0) is 9.59 Å². The van der Waals surface area contributed by atoms with E-state index >= 15 is 0 Å². The second kappa shape index (κ2) is 7.69. The van der Waals surface area contributed by atoms with Gasteiger partial charge in [-0.2, -0.15) is 0 Å². The minimum atomic E-state index is -1.55. The molecule has 3 N–H and O–H groups in total. The van der Waals surface area contributed by atoms with Gasteiger partial charge in [-0.05, 0) is 6.07 Å². The molecule has 13 heteroatoms. The first-order chi connectivity index (χ1) is 15.4. The van der Waals surface area contributed by atoms with Crippen molar-refractivity contribution in [1.82, 2.24) is 15.0 Å². The highest BCUT2D eigenvalue weighted by Crippen LogP contribution is 2.42. The van der Waals surface area contributed by atoms with E-state index in [0.717, 1.165) is 6.07 Å². The van der Waals surface area contributed by atoms with Crippen LogP contribution in [0.15, 0.2) is 46.3 Å². The quantitative estimate of drug-likeness (QED) is 0.518. The number of carboxylic acids is 1. The highest BCUT2D eigenvalue weighted by atomic mass is 32.1. The van der Waals surface area contributed by atoms with E-state index in [4.69, 9.17) is 4.42 Å². The number of hydrogen-bond donors (Lipinski definition) is 3. The number of carboxylic acid groups (broad SMARTS) is 1. The zero-order chi connectivity index (χ0) is 22.4. The monoisotopic (exact) mass is 458 g/mol. The minimum absolute atomic E-state index is 0.00939. The summed E-state index contributed by atoms with van der Waals surface area (Å²) in [5, 5.41) is 24.6. The summed E-state index contributed by atoms with van der Waals surface area (Å²) in [4.78, 5) is 39.2. The first-order valence-electron chi connectivity index (χ1n) is 9.40. The fourth-order valence-corrected chi connectivity index (χ4v) is 4.12. The molecule has 5 heterocycles. The van der Waals surface area contributed by atoms with Crippen LogP contribution < -0.4 is 15.1 Å². The van der Waals surface area contributed by atoms with Crippen LogP contribution in [0.3, 0.4) is 0 Å². The van der Waals surface area contributed by atoms with Gasteiger partial charge in [0.2, 0.25) is 5.91 Å². The Balaban J connectivity index is 1.42. The molecule has 0 bridgehead atoms. The number of aromatic nitrogens is 3. The molecule has 5 rings (SSSR count). The molecule has 3 aromatic heterocycles. The number of amides is 1. The molecule has 2 aliphatic rings. The average molecular weight is 458 g/mol. The number of thiazole rings is 1. The Morgan fingerprint density at radius 2 is 2.06 bits per heavy atom. The van der Waals surface area contributed by atoms with E-state index in [9.17, 15) is 24.2 Å². The Morgan fingerprint density at radius 1 is 1.25 bits per heavy atom. The summed E-state index contributed by atoms with van der Waals surface area (Å²) in [5.74, 6) is -2.64. The molecule has 1 saturated heterocycles. The van der Waals surface area contributed by atoms with Gasteiger partial charge in [0, 0.05) is 36.4 Å². The van der Waals surface area contributed by atoms with Crippen LogP contribution in [0.4, 0.5) is 27.2 Å². The lowest BCUT2D eigenvalue weighted by Gasteiger charge is -2.39. The number of aliphatic hydroxyl groups excluding tert-OH is 1. The van der Waals surface area contributed by atoms with Crippen molar-refractivity contribution in [2.24, 2.45) is 5.92 Å². The van der Waals surface area contributed by atoms with Crippen LogP contribution >= 0.6 is 11.3 Å². The van der Waals surface area contributed by atoms with Gasteiger partial charge in [-0.15, -0.1) is 11.3 Å². The smallest absolute Gasteiger partial charge is 0.336 e. The van der Waals surface area contributed by atoms with Crippen molar-refractivity contribution >= 4 is 46.0 Å². The number of nitrogens with one attached hydrogen (secondary N) is 1. The van der Waals surface area contributed by atoms with E-state index in [-0.39, 0.29) is 47.8 Å². The predicted molar refractivity (Wildman–Crippen MR) is 110 cm³/mol. The van der Waals surface area contributed by atoms with Crippen LogP contribution in [-0.4, -0.2) is 50.1 Å². The first-order valence-corrected chi connectivity index (χ1v) is 10.3. The lowest BCUT2D eigenvalue weighted by molar-refractivity contribution is -0.133. The van der Waals surface area contributed by atoms with Crippen LogP contribution in [0.2, 0.25) is 0 Å². The lowest BCUT2D eigenvalue weighted by Crippen LogP contribution is -2.53. The number of fused-ring (bicyclic) bond motifs is 1. The van der Waals surface area contributed by atoms with E-state index in [0.29, 0.717) is 5.13 Å². The Kier molecular flexibility index (Phi) is 4.83. The normalized spacial score (nSPS) is 18.1. The number of hydrogen-bond acceptors (Lipinski definition) is 10. The summed E-state index contributed by atoms with van der Waals surface area (Å²) in [6.07, 6.45) is 3.95. The maximum Gasteiger partial charge on any atom is 0.336 e. The molecule has 0 radical (unpaired) electrons. The third kappa shape index (κ3) is 3.36. The van der Waals surface area contributed by atoms with Gasteiger partial charge in [-0.25, -0.2) is 24.1 Å². The second-order valence-electron chi connectivity index (χ2n) is 7.11. The molecule has 11 nitrogen and oxygen atoms in total. The number of aliphatic hydroxyl groups is 1.